The molecular formula is C68H80N4O6. The molecule has 2 aliphatic rings. The van der Waals surface area contributed by atoms with Crippen molar-refractivity contribution in [2.75, 3.05) is 80.7 Å². The van der Waals surface area contributed by atoms with Crippen molar-refractivity contribution in [3.05, 3.63) is 203 Å². The first-order chi connectivity index (χ1) is 38.0. The number of hydrogen-bond donors (Lipinski definition) is 0. The number of likely N-dealkylation sites (tertiary alicyclic amines) is 2. The number of ether oxygens (including phenoxy) is 2. The lowest BCUT2D eigenvalue weighted by Crippen LogP contribution is -2.39. The number of carbonyl (C=O) groups excluding carboxylic acids is 4. The highest BCUT2D eigenvalue weighted by atomic mass is 16.5. The number of benzene rings is 6. The lowest BCUT2D eigenvalue weighted by atomic mass is 9.86. The Kier molecular flexibility index (Phi) is 23.3. The summed E-state index contributed by atoms with van der Waals surface area (Å²) in [5.41, 5.74) is 11.3. The fraction of sp³-hybridized carbons (Fsp3) is 0.353. The van der Waals surface area contributed by atoms with E-state index in [0.29, 0.717) is 65.1 Å². The van der Waals surface area contributed by atoms with Gasteiger partial charge >= 0.3 is 0 Å². The zero-order valence-electron chi connectivity index (χ0n) is 46.5. The van der Waals surface area contributed by atoms with Gasteiger partial charge in [-0.2, -0.15) is 0 Å². The SMILES string of the molecule is CN(C)CCOc1ccc(/C(=C(/CCCC(=O)C(=O)N2CCCCC2)c2ccccc2)c2ccccc2)cc1.CN(C)CCOc1ccc(/C(=C(/CCCC(=O)C(=O)N2CCCCC2)c2ccccc2)c2ccccc2)cc1. The normalized spacial score (nSPS) is 14.2. The average Bonchev–Trinajstić information content (AvgIpc) is 3.48. The van der Waals surface area contributed by atoms with Crippen LogP contribution in [0.1, 0.15) is 110 Å². The Bertz CT molecular complexity index is 2660. The Morgan fingerprint density at radius 1 is 0.372 bits per heavy atom. The number of Topliss-reactive ketones (excluding diaryl/α,β-unsaturated/α-hetero) is 2. The van der Waals surface area contributed by atoms with E-state index >= 15 is 0 Å². The van der Waals surface area contributed by atoms with Crippen LogP contribution < -0.4 is 9.47 Å². The van der Waals surface area contributed by atoms with Crippen LogP contribution in [0.5, 0.6) is 11.5 Å². The third-order valence-electron chi connectivity index (χ3n) is 14.3. The molecule has 2 amide bonds. The van der Waals surface area contributed by atoms with Crippen molar-refractivity contribution in [1.29, 1.82) is 0 Å². The summed E-state index contributed by atoms with van der Waals surface area (Å²) < 4.78 is 11.9. The third kappa shape index (κ3) is 17.8. The molecule has 10 nitrogen and oxygen atoms in total. The number of hydrogen-bond acceptors (Lipinski definition) is 8. The zero-order chi connectivity index (χ0) is 54.9. The quantitative estimate of drug-likeness (QED) is 0.0437. The molecule has 0 bridgehead atoms. The van der Waals surface area contributed by atoms with Gasteiger partial charge in [0.1, 0.15) is 24.7 Å². The van der Waals surface area contributed by atoms with Gasteiger partial charge in [0.15, 0.2) is 0 Å². The van der Waals surface area contributed by atoms with Gasteiger partial charge in [0.05, 0.1) is 0 Å². The van der Waals surface area contributed by atoms with Gasteiger partial charge < -0.3 is 29.1 Å². The third-order valence-corrected chi connectivity index (χ3v) is 14.3. The second-order valence-electron chi connectivity index (χ2n) is 20.8. The maximum Gasteiger partial charge on any atom is 0.289 e. The lowest BCUT2D eigenvalue weighted by Gasteiger charge is -2.26. The van der Waals surface area contributed by atoms with Crippen molar-refractivity contribution >= 4 is 45.7 Å². The molecule has 0 radical (unpaired) electrons. The Morgan fingerprint density at radius 3 is 0.974 bits per heavy atom. The Labute approximate surface area is 464 Å². The van der Waals surface area contributed by atoms with E-state index < -0.39 is 0 Å². The van der Waals surface area contributed by atoms with Crippen LogP contribution in [0.4, 0.5) is 0 Å². The monoisotopic (exact) mass is 1050 g/mol. The molecule has 78 heavy (non-hydrogen) atoms. The van der Waals surface area contributed by atoms with E-state index in [4.69, 9.17) is 9.47 Å². The van der Waals surface area contributed by atoms with Crippen molar-refractivity contribution in [3.63, 3.8) is 0 Å². The lowest BCUT2D eigenvalue weighted by molar-refractivity contribution is -0.145. The second-order valence-corrected chi connectivity index (χ2v) is 20.8. The molecule has 2 aliphatic heterocycles. The summed E-state index contributed by atoms with van der Waals surface area (Å²) in [6.45, 7) is 5.78. The largest absolute Gasteiger partial charge is 0.492 e. The van der Waals surface area contributed by atoms with Gasteiger partial charge in [0, 0.05) is 52.1 Å². The van der Waals surface area contributed by atoms with Crippen LogP contribution in [0, 0.1) is 0 Å². The molecule has 0 spiro atoms. The number of piperidine rings is 2. The van der Waals surface area contributed by atoms with Crippen LogP contribution in [0.15, 0.2) is 170 Å². The molecule has 0 saturated carbocycles. The van der Waals surface area contributed by atoms with Crippen LogP contribution in [-0.2, 0) is 19.2 Å². The number of likely N-dealkylation sites (N-methyl/N-ethyl adjacent to an activating group) is 2. The summed E-state index contributed by atoms with van der Waals surface area (Å²) >= 11 is 0. The van der Waals surface area contributed by atoms with E-state index in [2.05, 4.69) is 107 Å². The van der Waals surface area contributed by atoms with E-state index in [-0.39, 0.29) is 36.2 Å². The summed E-state index contributed by atoms with van der Waals surface area (Å²) in [5.74, 6) is 0.517. The van der Waals surface area contributed by atoms with E-state index in [1.165, 1.54) is 11.1 Å². The molecule has 2 heterocycles. The minimum absolute atomic E-state index is 0.256. The van der Waals surface area contributed by atoms with Gasteiger partial charge in [0.2, 0.25) is 11.6 Å². The number of amides is 2. The summed E-state index contributed by atoms with van der Waals surface area (Å²) in [5, 5.41) is 0. The number of allylic oxidation sites excluding steroid dienone is 2. The molecule has 408 valence electrons. The highest BCUT2D eigenvalue weighted by molar-refractivity contribution is 6.36. The standard InChI is InChI=1S/2C34H40N2O3/c2*1-35(2)25-26-39-30-21-19-29(20-22-30)33(28-15-8-4-9-16-28)31(27-13-6-3-7-14-27)17-12-18-32(37)34(38)36-23-10-5-11-24-36/h2*3-4,6-9,13-16,19-22H,5,10-12,17-18,23-26H2,1-2H3/b2*33-31-. The van der Waals surface area contributed by atoms with Crippen molar-refractivity contribution in [3.8, 4) is 11.5 Å². The first-order valence-corrected chi connectivity index (χ1v) is 28.1. The van der Waals surface area contributed by atoms with Crippen molar-refractivity contribution in [2.45, 2.75) is 77.0 Å². The minimum atomic E-state index is -0.312. The number of rotatable bonds is 24. The van der Waals surface area contributed by atoms with Gasteiger partial charge in [-0.15, -0.1) is 0 Å². The summed E-state index contributed by atoms with van der Waals surface area (Å²) in [6.07, 6.45) is 9.33. The molecule has 0 N–H and O–H groups in total. The topological polar surface area (TPSA) is 99.7 Å². The van der Waals surface area contributed by atoms with Gasteiger partial charge in [-0.1, -0.05) is 146 Å². The van der Waals surface area contributed by atoms with E-state index in [0.717, 1.165) is 108 Å². The summed E-state index contributed by atoms with van der Waals surface area (Å²) in [7, 11) is 8.13. The highest BCUT2D eigenvalue weighted by Crippen LogP contribution is 2.38. The van der Waals surface area contributed by atoms with Crippen LogP contribution in [0.3, 0.4) is 0 Å². The summed E-state index contributed by atoms with van der Waals surface area (Å²) in [6, 6.07) is 58.0. The van der Waals surface area contributed by atoms with Crippen molar-refractivity contribution in [2.24, 2.45) is 0 Å². The van der Waals surface area contributed by atoms with Gasteiger partial charge in [-0.25, -0.2) is 0 Å². The first-order valence-electron chi connectivity index (χ1n) is 28.1. The highest BCUT2D eigenvalue weighted by Gasteiger charge is 2.25. The smallest absolute Gasteiger partial charge is 0.289 e. The minimum Gasteiger partial charge on any atom is -0.492 e. The fourth-order valence-electron chi connectivity index (χ4n) is 10.1. The first kappa shape index (κ1) is 58.3. The molecule has 2 fully saturated rings. The average molecular weight is 1050 g/mol. The Morgan fingerprint density at radius 2 is 0.667 bits per heavy atom. The van der Waals surface area contributed by atoms with Gasteiger partial charge in [-0.05, 0) is 172 Å². The molecule has 0 unspecified atom stereocenters. The molecule has 6 aromatic carbocycles. The van der Waals surface area contributed by atoms with Crippen molar-refractivity contribution < 1.29 is 28.7 Å². The second kappa shape index (κ2) is 31.1. The van der Waals surface area contributed by atoms with E-state index in [9.17, 15) is 19.2 Å². The summed E-state index contributed by atoms with van der Waals surface area (Å²) in [4.78, 5) is 58.7. The maximum atomic E-state index is 12.8. The molecule has 0 atom stereocenters. The fourth-order valence-corrected chi connectivity index (χ4v) is 10.1. The van der Waals surface area contributed by atoms with Crippen LogP contribution in [0.2, 0.25) is 0 Å². The van der Waals surface area contributed by atoms with Crippen LogP contribution in [0.25, 0.3) is 22.3 Å². The molecule has 6 aromatic rings. The van der Waals surface area contributed by atoms with E-state index in [1.807, 2.05) is 101 Å². The van der Waals surface area contributed by atoms with Crippen molar-refractivity contribution in [1.82, 2.24) is 19.6 Å². The van der Waals surface area contributed by atoms with E-state index in [1.54, 1.807) is 9.80 Å². The van der Waals surface area contributed by atoms with Crippen LogP contribution >= 0.6 is 0 Å². The van der Waals surface area contributed by atoms with Gasteiger partial charge in [0.25, 0.3) is 11.8 Å². The molecule has 2 saturated heterocycles. The molecule has 0 aromatic heterocycles. The molecule has 10 heteroatoms. The molecular weight excluding hydrogens is 969 g/mol. The van der Waals surface area contributed by atoms with Gasteiger partial charge in [-0.3, -0.25) is 19.2 Å². The number of carbonyl (C=O) groups is 4. The Balaban J connectivity index is 0.000000226. The molecule has 0 aliphatic carbocycles. The Hall–Kier alpha value is -7.40. The zero-order valence-corrected chi connectivity index (χ0v) is 46.5. The predicted octanol–water partition coefficient (Wildman–Crippen LogP) is 12.7. The maximum absolute atomic E-state index is 12.8. The number of nitrogens with zero attached hydrogens (tertiary/aromatic N) is 4. The van der Waals surface area contributed by atoms with Crippen LogP contribution in [-0.4, -0.2) is 124 Å². The molecule has 8 rings (SSSR count). The predicted molar refractivity (Wildman–Crippen MR) is 317 cm³/mol. The number of ketones is 2.